The molecule has 1 N–H and O–H groups in total. The standard InChI is InChI=1S/C15H17NO4S/c1-11(2)13-5-3-12(4-6-13)9-16-21(18,19)15-8-7-14(10-17)20-15/h3-8,10-11,16H,9H2,1-2H3. The van der Waals surface area contributed by atoms with Gasteiger partial charge in [-0.1, -0.05) is 38.1 Å². The first-order chi connectivity index (χ1) is 9.92. The molecule has 0 atom stereocenters. The zero-order valence-electron chi connectivity index (χ0n) is 11.9. The minimum absolute atomic E-state index is 0.0170. The van der Waals surface area contributed by atoms with Gasteiger partial charge >= 0.3 is 0 Å². The number of aldehydes is 1. The Bertz CT molecular complexity index is 714. The van der Waals surface area contributed by atoms with Crippen molar-refractivity contribution in [3.63, 3.8) is 0 Å². The first kappa shape index (κ1) is 15.5. The Labute approximate surface area is 124 Å². The normalized spacial score (nSPS) is 11.8. The number of hydrogen-bond donors (Lipinski definition) is 1. The number of carbonyl (C=O) groups is 1. The highest BCUT2D eigenvalue weighted by Gasteiger charge is 2.18. The highest BCUT2D eigenvalue weighted by molar-refractivity contribution is 7.89. The topological polar surface area (TPSA) is 76.4 Å². The summed E-state index contributed by atoms with van der Waals surface area (Å²) in [7, 11) is -3.75. The lowest BCUT2D eigenvalue weighted by Gasteiger charge is -2.07. The lowest BCUT2D eigenvalue weighted by Crippen LogP contribution is -2.22. The van der Waals surface area contributed by atoms with E-state index in [0.717, 1.165) is 5.56 Å². The van der Waals surface area contributed by atoms with Crippen molar-refractivity contribution < 1.29 is 17.6 Å². The van der Waals surface area contributed by atoms with E-state index in [1.807, 2.05) is 24.3 Å². The first-order valence-corrected chi connectivity index (χ1v) is 8.04. The maximum absolute atomic E-state index is 12.0. The summed E-state index contributed by atoms with van der Waals surface area (Å²) in [5, 5.41) is -0.261. The van der Waals surface area contributed by atoms with Crippen LogP contribution in [0.15, 0.2) is 45.9 Å². The Hall–Kier alpha value is -1.92. The Morgan fingerprint density at radius 1 is 1.14 bits per heavy atom. The van der Waals surface area contributed by atoms with Crippen LogP contribution in [0.2, 0.25) is 0 Å². The fourth-order valence-electron chi connectivity index (χ4n) is 1.81. The Kier molecular flexibility index (Phi) is 4.59. The molecule has 0 radical (unpaired) electrons. The molecule has 2 aromatic rings. The highest BCUT2D eigenvalue weighted by atomic mass is 32.2. The summed E-state index contributed by atoms with van der Waals surface area (Å²) in [5.74, 6) is 0.414. The molecule has 5 nitrogen and oxygen atoms in total. The number of benzene rings is 1. The van der Waals surface area contributed by atoms with Gasteiger partial charge in [0.1, 0.15) is 0 Å². The van der Waals surface area contributed by atoms with Crippen LogP contribution >= 0.6 is 0 Å². The van der Waals surface area contributed by atoms with Gasteiger partial charge in [0, 0.05) is 6.54 Å². The van der Waals surface area contributed by atoms with Crippen LogP contribution in [0.25, 0.3) is 0 Å². The van der Waals surface area contributed by atoms with Gasteiger partial charge in [0.25, 0.3) is 10.0 Å². The van der Waals surface area contributed by atoms with Crippen LogP contribution < -0.4 is 4.72 Å². The average Bonchev–Trinajstić information content (AvgIpc) is 2.95. The van der Waals surface area contributed by atoms with Crippen molar-refractivity contribution in [2.24, 2.45) is 0 Å². The van der Waals surface area contributed by atoms with Gasteiger partial charge in [-0.25, -0.2) is 13.1 Å². The van der Waals surface area contributed by atoms with Crippen LogP contribution in [-0.4, -0.2) is 14.7 Å². The molecule has 0 spiro atoms. The molecule has 1 aromatic heterocycles. The molecule has 0 fully saturated rings. The van der Waals surface area contributed by atoms with Crippen LogP contribution in [0.4, 0.5) is 0 Å². The second kappa shape index (κ2) is 6.24. The molecule has 0 aliphatic carbocycles. The molecule has 112 valence electrons. The Morgan fingerprint density at radius 3 is 2.33 bits per heavy atom. The van der Waals surface area contributed by atoms with Gasteiger partial charge in [-0.05, 0) is 29.2 Å². The molecular weight excluding hydrogens is 290 g/mol. The molecule has 0 aliphatic heterocycles. The van der Waals surface area contributed by atoms with E-state index in [1.165, 1.54) is 17.7 Å². The summed E-state index contributed by atoms with van der Waals surface area (Å²) < 4.78 is 31.3. The fourth-order valence-corrected chi connectivity index (χ4v) is 2.76. The van der Waals surface area contributed by atoms with Crippen molar-refractivity contribution >= 4 is 16.3 Å². The molecule has 0 bridgehead atoms. The maximum Gasteiger partial charge on any atom is 0.274 e. The average molecular weight is 307 g/mol. The van der Waals surface area contributed by atoms with Gasteiger partial charge in [-0.15, -0.1) is 0 Å². The molecule has 0 unspecified atom stereocenters. The number of carbonyl (C=O) groups excluding carboxylic acids is 1. The summed E-state index contributed by atoms with van der Waals surface area (Å²) in [5.41, 5.74) is 2.05. The van der Waals surface area contributed by atoms with Crippen molar-refractivity contribution in [2.75, 3.05) is 0 Å². The van der Waals surface area contributed by atoms with Gasteiger partial charge in [0.05, 0.1) is 0 Å². The predicted molar refractivity (Wildman–Crippen MR) is 78.7 cm³/mol. The zero-order valence-corrected chi connectivity index (χ0v) is 12.7. The predicted octanol–water partition coefficient (Wildman–Crippen LogP) is 2.69. The van der Waals surface area contributed by atoms with E-state index in [0.29, 0.717) is 12.2 Å². The van der Waals surface area contributed by atoms with Crippen LogP contribution in [0, 0.1) is 0 Å². The molecule has 1 heterocycles. The number of rotatable bonds is 6. The van der Waals surface area contributed by atoms with E-state index in [-0.39, 0.29) is 17.4 Å². The number of nitrogens with one attached hydrogen (secondary N) is 1. The summed E-state index contributed by atoms with van der Waals surface area (Å²) >= 11 is 0. The number of sulfonamides is 1. The van der Waals surface area contributed by atoms with Gasteiger partial charge in [0.2, 0.25) is 5.09 Å². The van der Waals surface area contributed by atoms with Crippen LogP contribution in [0.3, 0.4) is 0 Å². The second-order valence-electron chi connectivity index (χ2n) is 5.00. The lowest BCUT2D eigenvalue weighted by atomic mass is 10.0. The Balaban J connectivity index is 2.06. The van der Waals surface area contributed by atoms with Crippen molar-refractivity contribution in [3.05, 3.63) is 53.3 Å². The summed E-state index contributed by atoms with van der Waals surface area (Å²) in [6.07, 6.45) is 0.462. The van der Waals surface area contributed by atoms with Gasteiger partial charge in [0.15, 0.2) is 12.0 Å². The van der Waals surface area contributed by atoms with Crippen molar-refractivity contribution in [1.82, 2.24) is 4.72 Å². The monoisotopic (exact) mass is 307 g/mol. The van der Waals surface area contributed by atoms with Gasteiger partial charge in [-0.3, -0.25) is 4.79 Å². The van der Waals surface area contributed by atoms with Crippen molar-refractivity contribution in [2.45, 2.75) is 31.4 Å². The van der Waals surface area contributed by atoms with E-state index in [9.17, 15) is 13.2 Å². The zero-order chi connectivity index (χ0) is 15.5. The third kappa shape index (κ3) is 3.80. The van der Waals surface area contributed by atoms with Gasteiger partial charge in [-0.2, -0.15) is 0 Å². The van der Waals surface area contributed by atoms with E-state index >= 15 is 0 Å². The third-order valence-corrected chi connectivity index (χ3v) is 4.37. The quantitative estimate of drug-likeness (QED) is 0.832. The van der Waals surface area contributed by atoms with Crippen LogP contribution in [-0.2, 0) is 16.6 Å². The molecule has 0 saturated heterocycles. The highest BCUT2D eigenvalue weighted by Crippen LogP contribution is 2.16. The largest absolute Gasteiger partial charge is 0.440 e. The SMILES string of the molecule is CC(C)c1ccc(CNS(=O)(=O)c2ccc(C=O)o2)cc1. The second-order valence-corrected chi connectivity index (χ2v) is 6.69. The molecule has 0 aliphatic rings. The van der Waals surface area contributed by atoms with Crippen molar-refractivity contribution in [3.8, 4) is 0 Å². The minimum atomic E-state index is -3.75. The molecule has 0 amide bonds. The Morgan fingerprint density at radius 2 is 1.81 bits per heavy atom. The van der Waals surface area contributed by atoms with E-state index < -0.39 is 10.0 Å². The molecule has 6 heteroatoms. The van der Waals surface area contributed by atoms with Crippen LogP contribution in [0.1, 0.15) is 41.4 Å². The van der Waals surface area contributed by atoms with Crippen LogP contribution in [0.5, 0.6) is 0 Å². The third-order valence-electron chi connectivity index (χ3n) is 3.10. The van der Waals surface area contributed by atoms with E-state index in [4.69, 9.17) is 4.42 Å². The van der Waals surface area contributed by atoms with E-state index in [1.54, 1.807) is 0 Å². The number of furan rings is 1. The lowest BCUT2D eigenvalue weighted by molar-refractivity contribution is 0.109. The van der Waals surface area contributed by atoms with Gasteiger partial charge < -0.3 is 4.42 Å². The van der Waals surface area contributed by atoms with E-state index in [2.05, 4.69) is 18.6 Å². The smallest absolute Gasteiger partial charge is 0.274 e. The number of hydrogen-bond acceptors (Lipinski definition) is 4. The summed E-state index contributed by atoms with van der Waals surface area (Å²) in [6.45, 7) is 4.36. The minimum Gasteiger partial charge on any atom is -0.440 e. The van der Waals surface area contributed by atoms with Crippen molar-refractivity contribution in [1.29, 1.82) is 0 Å². The molecular formula is C15H17NO4S. The maximum atomic E-state index is 12.0. The summed E-state index contributed by atoms with van der Waals surface area (Å²) in [4.78, 5) is 10.5. The molecule has 1 aromatic carbocycles. The summed E-state index contributed by atoms with van der Waals surface area (Å²) in [6, 6.07) is 10.3. The fraction of sp³-hybridized carbons (Fsp3) is 0.267. The molecule has 2 rings (SSSR count). The first-order valence-electron chi connectivity index (χ1n) is 6.56. The molecule has 0 saturated carbocycles. The molecule has 21 heavy (non-hydrogen) atoms.